The Morgan fingerprint density at radius 1 is 1.22 bits per heavy atom. The van der Waals surface area contributed by atoms with Crippen molar-refractivity contribution in [1.29, 1.82) is 0 Å². The summed E-state index contributed by atoms with van der Waals surface area (Å²) in [7, 11) is 0. The maximum atomic E-state index is 12.5. The Morgan fingerprint density at radius 3 is 2.87 bits per heavy atom. The topological polar surface area (TPSA) is 70.2 Å². The molecular formula is C18H19N3O2. The summed E-state index contributed by atoms with van der Waals surface area (Å²) < 4.78 is 0. The van der Waals surface area contributed by atoms with Gasteiger partial charge in [0.15, 0.2) is 0 Å². The number of carbonyl (C=O) groups is 2. The van der Waals surface area contributed by atoms with Gasteiger partial charge in [0.1, 0.15) is 0 Å². The number of anilines is 1. The normalized spacial score (nSPS) is 25.5. The lowest BCUT2D eigenvalue weighted by Gasteiger charge is -2.21. The lowest BCUT2D eigenvalue weighted by Crippen LogP contribution is -2.42. The molecule has 2 fully saturated rings. The van der Waals surface area contributed by atoms with E-state index in [1.807, 2.05) is 36.4 Å². The van der Waals surface area contributed by atoms with Gasteiger partial charge in [-0.3, -0.25) is 9.59 Å². The molecule has 2 aromatic carbocycles. The third kappa shape index (κ3) is 2.57. The Bertz CT molecular complexity index is 774. The molecule has 5 nitrogen and oxygen atoms in total. The maximum Gasteiger partial charge on any atom is 0.251 e. The van der Waals surface area contributed by atoms with Crippen molar-refractivity contribution in [1.82, 2.24) is 10.6 Å². The molecule has 4 rings (SSSR count). The fourth-order valence-electron chi connectivity index (χ4n) is 3.85. The zero-order valence-electron chi connectivity index (χ0n) is 12.7. The standard InChI is InChI=1S/C18H19N3O2/c22-10-19-15-3-1-2-11-8-12(4-6-14(11)15)18(23)21-17-9-13-5-7-16(17)20-13/h1-4,6,8,10,13,16-17,20H,5,7,9H2,(H,19,22)(H,21,23)/t13-,16+,17-/m1/s1. The lowest BCUT2D eigenvalue weighted by molar-refractivity contribution is -0.105. The Kier molecular flexibility index (Phi) is 3.50. The van der Waals surface area contributed by atoms with Crippen LogP contribution < -0.4 is 16.0 Å². The van der Waals surface area contributed by atoms with Gasteiger partial charge >= 0.3 is 0 Å². The van der Waals surface area contributed by atoms with E-state index in [9.17, 15) is 9.59 Å². The highest BCUT2D eigenvalue weighted by Gasteiger charge is 2.39. The lowest BCUT2D eigenvalue weighted by atomic mass is 9.95. The average molecular weight is 309 g/mol. The van der Waals surface area contributed by atoms with E-state index in [1.165, 1.54) is 6.42 Å². The molecule has 2 aliphatic heterocycles. The number of benzene rings is 2. The summed E-state index contributed by atoms with van der Waals surface area (Å²) in [4.78, 5) is 23.2. The molecule has 2 aromatic rings. The Balaban J connectivity index is 1.56. The van der Waals surface area contributed by atoms with Gasteiger partial charge in [0, 0.05) is 34.8 Å². The van der Waals surface area contributed by atoms with Crippen molar-refractivity contribution < 1.29 is 9.59 Å². The summed E-state index contributed by atoms with van der Waals surface area (Å²) in [5, 5.41) is 11.2. The number of nitrogens with one attached hydrogen (secondary N) is 3. The van der Waals surface area contributed by atoms with E-state index in [1.54, 1.807) is 0 Å². The fourth-order valence-corrected chi connectivity index (χ4v) is 3.85. The van der Waals surface area contributed by atoms with Crippen LogP contribution in [-0.4, -0.2) is 30.4 Å². The van der Waals surface area contributed by atoms with Gasteiger partial charge in [0.2, 0.25) is 6.41 Å². The first-order valence-corrected chi connectivity index (χ1v) is 8.04. The minimum absolute atomic E-state index is 0.0278. The molecule has 0 aliphatic carbocycles. The van der Waals surface area contributed by atoms with E-state index in [0.29, 0.717) is 24.1 Å². The van der Waals surface area contributed by atoms with Crippen LogP contribution >= 0.6 is 0 Å². The van der Waals surface area contributed by atoms with Crippen LogP contribution in [0.3, 0.4) is 0 Å². The Hall–Kier alpha value is -2.40. The molecule has 0 saturated carbocycles. The highest BCUT2D eigenvalue weighted by Crippen LogP contribution is 2.29. The molecule has 118 valence electrons. The van der Waals surface area contributed by atoms with Crippen molar-refractivity contribution in [2.24, 2.45) is 0 Å². The number of rotatable bonds is 4. The second-order valence-electron chi connectivity index (χ2n) is 6.37. The highest BCUT2D eigenvalue weighted by molar-refractivity contribution is 6.03. The molecule has 2 amide bonds. The molecule has 2 heterocycles. The van der Waals surface area contributed by atoms with Gasteiger partial charge < -0.3 is 16.0 Å². The first-order valence-electron chi connectivity index (χ1n) is 8.04. The number of amides is 2. The van der Waals surface area contributed by atoms with Crippen LogP contribution in [0.1, 0.15) is 29.6 Å². The predicted molar refractivity (Wildman–Crippen MR) is 89.5 cm³/mol. The molecular weight excluding hydrogens is 290 g/mol. The van der Waals surface area contributed by atoms with Gasteiger partial charge in [-0.2, -0.15) is 0 Å². The van der Waals surface area contributed by atoms with Crippen LogP contribution in [-0.2, 0) is 4.79 Å². The molecule has 0 spiro atoms. The van der Waals surface area contributed by atoms with Crippen molar-refractivity contribution in [3.8, 4) is 0 Å². The van der Waals surface area contributed by atoms with Crippen LogP contribution in [0, 0.1) is 0 Å². The largest absolute Gasteiger partial charge is 0.348 e. The van der Waals surface area contributed by atoms with Crippen molar-refractivity contribution in [3.05, 3.63) is 42.0 Å². The van der Waals surface area contributed by atoms with E-state index in [4.69, 9.17) is 0 Å². The van der Waals surface area contributed by atoms with E-state index in [2.05, 4.69) is 16.0 Å². The van der Waals surface area contributed by atoms with Gasteiger partial charge in [-0.15, -0.1) is 0 Å². The van der Waals surface area contributed by atoms with Gasteiger partial charge in [-0.05, 0) is 42.8 Å². The number of hydrogen-bond donors (Lipinski definition) is 3. The van der Waals surface area contributed by atoms with Crippen molar-refractivity contribution >= 4 is 28.8 Å². The van der Waals surface area contributed by atoms with Gasteiger partial charge in [0.05, 0.1) is 0 Å². The highest BCUT2D eigenvalue weighted by atomic mass is 16.1. The van der Waals surface area contributed by atoms with Gasteiger partial charge in [-0.1, -0.05) is 18.2 Å². The smallest absolute Gasteiger partial charge is 0.251 e. The van der Waals surface area contributed by atoms with Crippen LogP contribution in [0.5, 0.6) is 0 Å². The molecule has 3 N–H and O–H groups in total. The summed E-state index contributed by atoms with van der Waals surface area (Å²) in [5.41, 5.74) is 1.41. The van der Waals surface area contributed by atoms with Gasteiger partial charge in [0.25, 0.3) is 5.91 Å². The molecule has 2 aliphatic rings. The minimum Gasteiger partial charge on any atom is -0.348 e. The number of fused-ring (bicyclic) bond motifs is 3. The van der Waals surface area contributed by atoms with Crippen molar-refractivity contribution in [2.45, 2.75) is 37.4 Å². The molecule has 23 heavy (non-hydrogen) atoms. The molecule has 5 heteroatoms. The van der Waals surface area contributed by atoms with Crippen LogP contribution in [0.15, 0.2) is 36.4 Å². The molecule has 0 aromatic heterocycles. The quantitative estimate of drug-likeness (QED) is 0.757. The molecule has 2 saturated heterocycles. The van der Waals surface area contributed by atoms with E-state index < -0.39 is 0 Å². The fraction of sp³-hybridized carbons (Fsp3) is 0.333. The predicted octanol–water partition coefficient (Wildman–Crippen LogP) is 2.03. The summed E-state index contributed by atoms with van der Waals surface area (Å²) in [5.74, 6) is -0.0278. The summed E-state index contributed by atoms with van der Waals surface area (Å²) in [6, 6.07) is 12.5. The van der Waals surface area contributed by atoms with E-state index in [-0.39, 0.29) is 11.9 Å². The van der Waals surface area contributed by atoms with E-state index in [0.717, 1.165) is 29.3 Å². The van der Waals surface area contributed by atoms with E-state index >= 15 is 0 Å². The summed E-state index contributed by atoms with van der Waals surface area (Å²) in [6.45, 7) is 0. The summed E-state index contributed by atoms with van der Waals surface area (Å²) >= 11 is 0. The molecule has 0 radical (unpaired) electrons. The molecule has 0 unspecified atom stereocenters. The van der Waals surface area contributed by atoms with Crippen LogP contribution in [0.2, 0.25) is 0 Å². The average Bonchev–Trinajstić information content (AvgIpc) is 3.18. The Morgan fingerprint density at radius 2 is 2.13 bits per heavy atom. The first-order chi connectivity index (χ1) is 11.2. The first kappa shape index (κ1) is 14.2. The molecule has 3 atom stereocenters. The zero-order valence-corrected chi connectivity index (χ0v) is 12.7. The Labute approximate surface area is 134 Å². The third-order valence-corrected chi connectivity index (χ3v) is 4.97. The number of carbonyl (C=O) groups excluding carboxylic acids is 2. The van der Waals surface area contributed by atoms with Crippen molar-refractivity contribution in [2.75, 3.05) is 5.32 Å². The number of hydrogen-bond acceptors (Lipinski definition) is 3. The summed E-state index contributed by atoms with van der Waals surface area (Å²) in [6.07, 6.45) is 4.06. The van der Waals surface area contributed by atoms with Crippen LogP contribution in [0.25, 0.3) is 10.8 Å². The zero-order chi connectivity index (χ0) is 15.8. The maximum absolute atomic E-state index is 12.5. The van der Waals surface area contributed by atoms with Gasteiger partial charge in [-0.25, -0.2) is 0 Å². The SMILES string of the molecule is O=CNc1cccc2cc(C(=O)N[C@@H]3C[C@H]4CC[C@@H]3N4)ccc12. The second-order valence-corrected chi connectivity index (χ2v) is 6.37. The minimum atomic E-state index is -0.0278. The van der Waals surface area contributed by atoms with Crippen molar-refractivity contribution in [3.63, 3.8) is 0 Å². The monoisotopic (exact) mass is 309 g/mol. The molecule has 2 bridgehead atoms. The second kappa shape index (κ2) is 5.66. The van der Waals surface area contributed by atoms with Crippen LogP contribution in [0.4, 0.5) is 5.69 Å². The third-order valence-electron chi connectivity index (χ3n) is 4.97.